The summed E-state index contributed by atoms with van der Waals surface area (Å²) in [6.45, 7) is 4.14. The van der Waals surface area contributed by atoms with E-state index >= 15 is 0 Å². The van der Waals surface area contributed by atoms with Crippen LogP contribution in [0.3, 0.4) is 0 Å². The highest BCUT2D eigenvalue weighted by molar-refractivity contribution is 6.30. The minimum Gasteiger partial charge on any atom is -0.484 e. The highest BCUT2D eigenvalue weighted by Crippen LogP contribution is 2.27. The van der Waals surface area contributed by atoms with Crippen LogP contribution in [0.25, 0.3) is 0 Å². The molecule has 2 N–H and O–H groups in total. The molecule has 0 aliphatic heterocycles. The second-order valence-corrected chi connectivity index (χ2v) is 5.42. The number of nitrogens with two attached hydrogens (primary N) is 1. The number of aryl methyl sites for hydroxylation is 1. The first-order chi connectivity index (χ1) is 9.60. The summed E-state index contributed by atoms with van der Waals surface area (Å²) in [5.74, 6) is 0.782. The predicted octanol–water partition coefficient (Wildman–Crippen LogP) is 4.51. The average molecular weight is 290 g/mol. The zero-order valence-electron chi connectivity index (χ0n) is 11.8. The highest BCUT2D eigenvalue weighted by Gasteiger charge is 2.20. The van der Waals surface area contributed by atoms with Crippen LogP contribution in [0, 0.1) is 6.92 Å². The van der Waals surface area contributed by atoms with Gasteiger partial charge in [-0.2, -0.15) is 0 Å². The molecule has 2 unspecified atom stereocenters. The molecule has 0 saturated carbocycles. The zero-order valence-corrected chi connectivity index (χ0v) is 12.6. The third-order valence-corrected chi connectivity index (χ3v) is 3.56. The Morgan fingerprint density at radius 2 is 1.85 bits per heavy atom. The van der Waals surface area contributed by atoms with Crippen molar-refractivity contribution in [2.45, 2.75) is 32.4 Å². The number of ether oxygens (including phenoxy) is 1. The Balaban J connectivity index is 2.26. The molecule has 0 radical (unpaired) electrons. The van der Waals surface area contributed by atoms with Crippen LogP contribution in [0.1, 0.15) is 30.6 Å². The number of hydrogen-bond acceptors (Lipinski definition) is 2. The molecule has 0 heterocycles. The van der Waals surface area contributed by atoms with E-state index in [9.17, 15) is 0 Å². The third-order valence-electron chi connectivity index (χ3n) is 3.31. The van der Waals surface area contributed by atoms with Crippen molar-refractivity contribution >= 4 is 11.6 Å². The molecular weight excluding hydrogens is 270 g/mol. The van der Waals surface area contributed by atoms with Crippen LogP contribution >= 0.6 is 11.6 Å². The van der Waals surface area contributed by atoms with Crippen molar-refractivity contribution in [3.63, 3.8) is 0 Å². The van der Waals surface area contributed by atoms with Crippen molar-refractivity contribution in [3.05, 3.63) is 64.7 Å². The standard InChI is InChI=1S/C17H20ClNO/c1-3-16(19)17(13-6-4-5-12(2)11-13)20-15-9-7-14(18)8-10-15/h4-11,16-17H,3,19H2,1-2H3. The molecule has 0 spiro atoms. The van der Waals surface area contributed by atoms with E-state index in [1.807, 2.05) is 30.3 Å². The molecule has 2 atom stereocenters. The van der Waals surface area contributed by atoms with Crippen molar-refractivity contribution in [2.75, 3.05) is 0 Å². The van der Waals surface area contributed by atoms with Crippen LogP contribution in [0.15, 0.2) is 48.5 Å². The van der Waals surface area contributed by atoms with E-state index in [2.05, 4.69) is 32.0 Å². The van der Waals surface area contributed by atoms with Crippen LogP contribution < -0.4 is 10.5 Å². The lowest BCUT2D eigenvalue weighted by Crippen LogP contribution is -2.31. The lowest BCUT2D eigenvalue weighted by molar-refractivity contribution is 0.171. The second kappa shape index (κ2) is 6.78. The number of halogens is 1. The molecule has 0 amide bonds. The summed E-state index contributed by atoms with van der Waals surface area (Å²) < 4.78 is 6.08. The first kappa shape index (κ1) is 14.9. The fourth-order valence-corrected chi connectivity index (χ4v) is 2.25. The molecule has 0 bridgehead atoms. The topological polar surface area (TPSA) is 35.2 Å². The summed E-state index contributed by atoms with van der Waals surface area (Å²) in [6, 6.07) is 15.6. The van der Waals surface area contributed by atoms with E-state index in [1.54, 1.807) is 0 Å². The molecule has 0 fully saturated rings. The maximum atomic E-state index is 6.23. The van der Waals surface area contributed by atoms with Gasteiger partial charge in [-0.3, -0.25) is 0 Å². The highest BCUT2D eigenvalue weighted by atomic mass is 35.5. The quantitative estimate of drug-likeness (QED) is 0.879. The minimum absolute atomic E-state index is 0.0486. The summed E-state index contributed by atoms with van der Waals surface area (Å²) in [5, 5.41) is 0.698. The third kappa shape index (κ3) is 3.75. The van der Waals surface area contributed by atoms with Crippen molar-refractivity contribution in [1.82, 2.24) is 0 Å². The predicted molar refractivity (Wildman–Crippen MR) is 84.3 cm³/mol. The van der Waals surface area contributed by atoms with E-state index in [0.29, 0.717) is 5.02 Å². The molecular formula is C17H20ClNO. The number of rotatable bonds is 5. The van der Waals surface area contributed by atoms with Gasteiger partial charge in [0.05, 0.1) is 0 Å². The van der Waals surface area contributed by atoms with Crippen molar-refractivity contribution < 1.29 is 4.74 Å². The smallest absolute Gasteiger partial charge is 0.139 e. The van der Waals surface area contributed by atoms with Gasteiger partial charge in [-0.25, -0.2) is 0 Å². The number of hydrogen-bond donors (Lipinski definition) is 1. The SMILES string of the molecule is CCC(N)C(Oc1ccc(Cl)cc1)c1cccc(C)c1. The Kier molecular flexibility index (Phi) is 5.05. The molecule has 20 heavy (non-hydrogen) atoms. The summed E-state index contributed by atoms with van der Waals surface area (Å²) in [6.07, 6.45) is 0.702. The van der Waals surface area contributed by atoms with Crippen LogP contribution in [0.4, 0.5) is 0 Å². The normalized spacial score (nSPS) is 13.8. The fourth-order valence-electron chi connectivity index (χ4n) is 2.12. The van der Waals surface area contributed by atoms with E-state index in [0.717, 1.165) is 17.7 Å². The van der Waals surface area contributed by atoms with E-state index in [-0.39, 0.29) is 12.1 Å². The Labute approximate surface area is 125 Å². The van der Waals surface area contributed by atoms with E-state index in [1.165, 1.54) is 5.56 Å². The molecule has 2 aromatic rings. The fraction of sp³-hybridized carbons (Fsp3) is 0.294. The Morgan fingerprint density at radius 3 is 2.45 bits per heavy atom. The van der Waals surface area contributed by atoms with Crippen molar-refractivity contribution in [1.29, 1.82) is 0 Å². The van der Waals surface area contributed by atoms with Gasteiger partial charge in [0.15, 0.2) is 0 Å². The van der Waals surface area contributed by atoms with Gasteiger partial charge < -0.3 is 10.5 Å². The maximum absolute atomic E-state index is 6.23. The molecule has 106 valence electrons. The zero-order chi connectivity index (χ0) is 14.5. The molecule has 2 rings (SSSR count). The number of benzene rings is 2. The first-order valence-corrected chi connectivity index (χ1v) is 7.22. The van der Waals surface area contributed by atoms with Crippen molar-refractivity contribution in [2.24, 2.45) is 5.73 Å². The molecule has 0 aliphatic rings. The van der Waals surface area contributed by atoms with Gasteiger partial charge in [-0.15, -0.1) is 0 Å². The van der Waals surface area contributed by atoms with Crippen molar-refractivity contribution in [3.8, 4) is 5.75 Å². The molecule has 2 aromatic carbocycles. The monoisotopic (exact) mass is 289 g/mol. The van der Waals surface area contributed by atoms with Crippen LogP contribution in [-0.4, -0.2) is 6.04 Å². The Morgan fingerprint density at radius 1 is 1.15 bits per heavy atom. The van der Waals surface area contributed by atoms with Crippen LogP contribution in [-0.2, 0) is 0 Å². The van der Waals surface area contributed by atoms with Crippen LogP contribution in [0.5, 0.6) is 5.75 Å². The summed E-state index contributed by atoms with van der Waals surface area (Å²) in [5.41, 5.74) is 8.54. The van der Waals surface area contributed by atoms with Gasteiger partial charge in [0.25, 0.3) is 0 Å². The lowest BCUT2D eigenvalue weighted by Gasteiger charge is -2.25. The largest absolute Gasteiger partial charge is 0.484 e. The van der Waals surface area contributed by atoms with Crippen LogP contribution in [0.2, 0.25) is 5.02 Å². The summed E-state index contributed by atoms with van der Waals surface area (Å²) in [7, 11) is 0. The minimum atomic E-state index is -0.152. The lowest BCUT2D eigenvalue weighted by atomic mass is 9.99. The molecule has 0 aromatic heterocycles. The summed E-state index contributed by atoms with van der Waals surface area (Å²) in [4.78, 5) is 0. The van der Waals surface area contributed by atoms with Gasteiger partial charge in [-0.05, 0) is 43.2 Å². The molecule has 3 heteroatoms. The Hall–Kier alpha value is -1.51. The molecule has 2 nitrogen and oxygen atoms in total. The maximum Gasteiger partial charge on any atom is 0.139 e. The van der Waals surface area contributed by atoms with Gasteiger partial charge >= 0.3 is 0 Å². The summed E-state index contributed by atoms with van der Waals surface area (Å²) >= 11 is 5.90. The first-order valence-electron chi connectivity index (χ1n) is 6.84. The Bertz CT molecular complexity index is 553. The molecule has 0 aliphatic carbocycles. The molecule has 0 saturated heterocycles. The van der Waals surface area contributed by atoms with E-state index in [4.69, 9.17) is 22.1 Å². The van der Waals surface area contributed by atoms with Gasteiger partial charge in [0.1, 0.15) is 11.9 Å². The van der Waals surface area contributed by atoms with Gasteiger partial charge in [-0.1, -0.05) is 48.4 Å². The van der Waals surface area contributed by atoms with Gasteiger partial charge in [0, 0.05) is 11.1 Å². The van der Waals surface area contributed by atoms with Gasteiger partial charge in [0.2, 0.25) is 0 Å². The average Bonchev–Trinajstić information content (AvgIpc) is 2.46. The second-order valence-electron chi connectivity index (χ2n) is 4.98. The van der Waals surface area contributed by atoms with E-state index < -0.39 is 0 Å².